The van der Waals surface area contributed by atoms with Gasteiger partial charge in [0.2, 0.25) is 6.71 Å². The van der Waals surface area contributed by atoms with Crippen LogP contribution in [-0.2, 0) is 0 Å². The molecule has 0 aromatic heterocycles. The Balaban J connectivity index is 2.20. The molecule has 0 fully saturated rings. The standard InChI is InChI=1S/C14H13BO2/c1-15-10-6-3-4-7-11(10)17-13-9-5-8-12(16-2)14(13)15/h3-9H,1-2H3. The van der Waals surface area contributed by atoms with Gasteiger partial charge < -0.3 is 9.47 Å². The molecular formula is C14H13BO2. The third-order valence-electron chi connectivity index (χ3n) is 3.28. The highest BCUT2D eigenvalue weighted by Crippen LogP contribution is 2.27. The highest BCUT2D eigenvalue weighted by atomic mass is 16.5. The Morgan fingerprint density at radius 2 is 1.76 bits per heavy atom. The minimum atomic E-state index is 0.297. The van der Waals surface area contributed by atoms with Gasteiger partial charge in [-0.3, -0.25) is 0 Å². The van der Waals surface area contributed by atoms with Crippen LogP contribution in [0.5, 0.6) is 17.2 Å². The maximum Gasteiger partial charge on any atom is 0.220 e. The molecule has 2 nitrogen and oxygen atoms in total. The Bertz CT molecular complexity index is 566. The molecule has 1 aliphatic heterocycles. The van der Waals surface area contributed by atoms with Crippen molar-refractivity contribution in [1.82, 2.24) is 0 Å². The summed E-state index contributed by atoms with van der Waals surface area (Å²) in [5.74, 6) is 2.74. The Morgan fingerprint density at radius 3 is 2.59 bits per heavy atom. The Labute approximate surface area is 101 Å². The van der Waals surface area contributed by atoms with Gasteiger partial charge in [-0.2, -0.15) is 0 Å². The normalized spacial score (nSPS) is 12.5. The fourth-order valence-corrected chi connectivity index (χ4v) is 2.42. The van der Waals surface area contributed by atoms with E-state index in [9.17, 15) is 0 Å². The third kappa shape index (κ3) is 1.50. The number of para-hydroxylation sites is 1. The molecule has 1 heterocycles. The number of rotatable bonds is 1. The average Bonchev–Trinajstić information content (AvgIpc) is 2.38. The summed E-state index contributed by atoms with van der Waals surface area (Å²) in [6.45, 7) is 2.48. The summed E-state index contributed by atoms with van der Waals surface area (Å²) in [7, 11) is 1.70. The van der Waals surface area contributed by atoms with E-state index < -0.39 is 0 Å². The van der Waals surface area contributed by atoms with Gasteiger partial charge in [0.25, 0.3) is 0 Å². The van der Waals surface area contributed by atoms with Crippen molar-refractivity contribution >= 4 is 17.6 Å². The van der Waals surface area contributed by atoms with Crippen LogP contribution in [0, 0.1) is 0 Å². The van der Waals surface area contributed by atoms with Crippen molar-refractivity contribution in [3.63, 3.8) is 0 Å². The first-order valence-electron chi connectivity index (χ1n) is 5.75. The molecular weight excluding hydrogens is 211 g/mol. The molecule has 0 aliphatic carbocycles. The molecule has 2 aromatic rings. The van der Waals surface area contributed by atoms with Crippen LogP contribution in [0.2, 0.25) is 6.82 Å². The summed E-state index contributed by atoms with van der Waals surface area (Å²) >= 11 is 0. The molecule has 0 saturated carbocycles. The molecule has 0 saturated heterocycles. The fourth-order valence-electron chi connectivity index (χ4n) is 2.42. The zero-order chi connectivity index (χ0) is 11.8. The van der Waals surface area contributed by atoms with E-state index in [1.807, 2.05) is 36.4 Å². The number of fused-ring (bicyclic) bond motifs is 2. The van der Waals surface area contributed by atoms with Crippen molar-refractivity contribution in [2.45, 2.75) is 6.82 Å². The van der Waals surface area contributed by atoms with Gasteiger partial charge in [-0.25, -0.2) is 0 Å². The van der Waals surface area contributed by atoms with Crippen LogP contribution >= 0.6 is 0 Å². The first-order chi connectivity index (χ1) is 8.31. The minimum Gasteiger partial charge on any atom is -0.497 e. The molecule has 1 aliphatic rings. The maximum atomic E-state index is 5.91. The maximum absolute atomic E-state index is 5.91. The van der Waals surface area contributed by atoms with E-state index in [0.29, 0.717) is 6.71 Å². The number of methoxy groups -OCH3 is 1. The van der Waals surface area contributed by atoms with E-state index in [-0.39, 0.29) is 0 Å². The van der Waals surface area contributed by atoms with Crippen LogP contribution in [0.15, 0.2) is 42.5 Å². The molecule has 0 N–H and O–H groups in total. The van der Waals surface area contributed by atoms with E-state index in [2.05, 4.69) is 12.9 Å². The topological polar surface area (TPSA) is 18.5 Å². The van der Waals surface area contributed by atoms with E-state index in [1.165, 1.54) is 5.46 Å². The molecule has 0 bridgehead atoms. The van der Waals surface area contributed by atoms with E-state index >= 15 is 0 Å². The molecule has 3 heteroatoms. The van der Waals surface area contributed by atoms with Crippen molar-refractivity contribution < 1.29 is 9.47 Å². The second-order valence-electron chi connectivity index (χ2n) is 4.23. The number of ether oxygens (including phenoxy) is 2. The average molecular weight is 224 g/mol. The van der Waals surface area contributed by atoms with Crippen LogP contribution in [0.3, 0.4) is 0 Å². The molecule has 84 valence electrons. The summed E-state index contributed by atoms with van der Waals surface area (Å²) in [6, 6.07) is 14.1. The molecule has 2 aromatic carbocycles. The van der Waals surface area contributed by atoms with Gasteiger partial charge in [-0.15, -0.1) is 0 Å². The van der Waals surface area contributed by atoms with Gasteiger partial charge in [-0.05, 0) is 23.7 Å². The van der Waals surface area contributed by atoms with E-state index in [0.717, 1.165) is 22.7 Å². The fraction of sp³-hybridized carbons (Fsp3) is 0.143. The highest BCUT2D eigenvalue weighted by molar-refractivity contribution is 6.86. The Kier molecular flexibility index (Phi) is 2.32. The molecule has 0 atom stereocenters. The van der Waals surface area contributed by atoms with Gasteiger partial charge in [0, 0.05) is 5.46 Å². The molecule has 17 heavy (non-hydrogen) atoms. The van der Waals surface area contributed by atoms with Crippen molar-refractivity contribution in [1.29, 1.82) is 0 Å². The second kappa shape index (κ2) is 3.84. The van der Waals surface area contributed by atoms with Crippen molar-refractivity contribution in [2.24, 2.45) is 0 Å². The van der Waals surface area contributed by atoms with Gasteiger partial charge in [0.1, 0.15) is 17.2 Å². The van der Waals surface area contributed by atoms with Gasteiger partial charge in [0.05, 0.1) is 7.11 Å². The predicted molar refractivity (Wildman–Crippen MR) is 70.4 cm³/mol. The third-order valence-corrected chi connectivity index (χ3v) is 3.28. The summed E-state index contributed by atoms with van der Waals surface area (Å²) in [5, 5.41) is 0. The monoisotopic (exact) mass is 224 g/mol. The van der Waals surface area contributed by atoms with E-state index in [4.69, 9.17) is 9.47 Å². The van der Waals surface area contributed by atoms with Crippen molar-refractivity contribution in [2.75, 3.05) is 7.11 Å². The Morgan fingerprint density at radius 1 is 1.00 bits per heavy atom. The summed E-state index contributed by atoms with van der Waals surface area (Å²) in [5.41, 5.74) is 2.35. The zero-order valence-electron chi connectivity index (χ0n) is 9.94. The molecule has 0 unspecified atom stereocenters. The predicted octanol–water partition coefficient (Wildman–Crippen LogP) is 2.04. The highest BCUT2D eigenvalue weighted by Gasteiger charge is 2.29. The SMILES string of the molecule is COc1cccc2c1B(C)c1ccccc1O2. The minimum absolute atomic E-state index is 0.297. The zero-order valence-corrected chi connectivity index (χ0v) is 9.94. The van der Waals surface area contributed by atoms with Gasteiger partial charge >= 0.3 is 0 Å². The largest absolute Gasteiger partial charge is 0.497 e. The first-order valence-corrected chi connectivity index (χ1v) is 5.75. The lowest BCUT2D eigenvalue weighted by atomic mass is 9.41. The molecule has 0 amide bonds. The number of benzene rings is 2. The van der Waals surface area contributed by atoms with E-state index in [1.54, 1.807) is 7.11 Å². The number of hydrogen-bond acceptors (Lipinski definition) is 2. The quantitative estimate of drug-likeness (QED) is 0.690. The lowest BCUT2D eigenvalue weighted by molar-refractivity contribution is 0.413. The Hall–Kier alpha value is -1.90. The van der Waals surface area contributed by atoms with Crippen LogP contribution in [0.4, 0.5) is 0 Å². The second-order valence-corrected chi connectivity index (χ2v) is 4.23. The van der Waals surface area contributed by atoms with Gasteiger partial charge in [-0.1, -0.05) is 31.1 Å². The molecule has 0 radical (unpaired) electrons. The van der Waals surface area contributed by atoms with Crippen LogP contribution < -0.4 is 20.4 Å². The van der Waals surface area contributed by atoms with Crippen molar-refractivity contribution in [3.8, 4) is 17.2 Å². The lowest BCUT2D eigenvalue weighted by Crippen LogP contribution is -2.44. The molecule has 3 rings (SSSR count). The summed E-state index contributed by atoms with van der Waals surface area (Å²) in [6.07, 6.45) is 0. The van der Waals surface area contributed by atoms with Crippen LogP contribution in [-0.4, -0.2) is 13.8 Å². The molecule has 0 spiro atoms. The smallest absolute Gasteiger partial charge is 0.220 e. The van der Waals surface area contributed by atoms with Crippen molar-refractivity contribution in [3.05, 3.63) is 42.5 Å². The van der Waals surface area contributed by atoms with Crippen LogP contribution in [0.1, 0.15) is 0 Å². The van der Waals surface area contributed by atoms with Gasteiger partial charge in [0.15, 0.2) is 0 Å². The lowest BCUT2D eigenvalue weighted by Gasteiger charge is -2.25. The summed E-state index contributed by atoms with van der Waals surface area (Å²) in [4.78, 5) is 0. The first kappa shape index (κ1) is 10.3. The number of hydrogen-bond donors (Lipinski definition) is 0. The van der Waals surface area contributed by atoms with Crippen LogP contribution in [0.25, 0.3) is 0 Å². The summed E-state index contributed by atoms with van der Waals surface area (Å²) < 4.78 is 11.3.